The van der Waals surface area contributed by atoms with Gasteiger partial charge in [0.2, 0.25) is 0 Å². The molecule has 0 atom stereocenters. The maximum Gasteiger partial charge on any atom is 0.277 e. The van der Waals surface area contributed by atoms with Gasteiger partial charge >= 0.3 is 0 Å². The third-order valence-electron chi connectivity index (χ3n) is 3.87. The highest BCUT2D eigenvalue weighted by atomic mass is 16.2. The van der Waals surface area contributed by atoms with Gasteiger partial charge in [0.15, 0.2) is 5.69 Å². The molecular formula is C19H20N4O. The zero-order chi connectivity index (χ0) is 17.1. The van der Waals surface area contributed by atoms with Crippen LogP contribution in [-0.2, 0) is 6.54 Å². The van der Waals surface area contributed by atoms with Crippen LogP contribution in [0.2, 0.25) is 0 Å². The van der Waals surface area contributed by atoms with Crippen molar-refractivity contribution in [3.05, 3.63) is 76.6 Å². The van der Waals surface area contributed by atoms with Crippen molar-refractivity contribution in [2.75, 3.05) is 5.32 Å². The monoisotopic (exact) mass is 320 g/mol. The van der Waals surface area contributed by atoms with Crippen molar-refractivity contribution in [1.29, 1.82) is 0 Å². The average molecular weight is 320 g/mol. The zero-order valence-electron chi connectivity index (χ0n) is 14.1. The predicted molar refractivity (Wildman–Crippen MR) is 94.2 cm³/mol. The largest absolute Gasteiger partial charge is 0.320 e. The molecular weight excluding hydrogens is 300 g/mol. The highest BCUT2D eigenvalue weighted by molar-refractivity contribution is 6.03. The normalized spacial score (nSPS) is 10.6. The summed E-state index contributed by atoms with van der Waals surface area (Å²) in [6, 6.07) is 14.0. The molecule has 3 aromatic rings. The van der Waals surface area contributed by atoms with E-state index in [9.17, 15) is 4.79 Å². The zero-order valence-corrected chi connectivity index (χ0v) is 14.1. The number of benzene rings is 2. The lowest BCUT2D eigenvalue weighted by Crippen LogP contribution is -2.14. The molecule has 3 rings (SSSR count). The standard InChI is InChI=1S/C19H20N4O/c1-13-9-14(2)18(15(3)10-13)20-19(24)17-12-23(22-21-17)11-16-7-5-4-6-8-16/h4-10,12H,11H2,1-3H3,(H,20,24). The van der Waals surface area contributed by atoms with Gasteiger partial charge < -0.3 is 5.32 Å². The van der Waals surface area contributed by atoms with Gasteiger partial charge in [0, 0.05) is 5.69 Å². The van der Waals surface area contributed by atoms with Gasteiger partial charge in [0.1, 0.15) is 0 Å². The smallest absolute Gasteiger partial charge is 0.277 e. The molecule has 0 fully saturated rings. The highest BCUT2D eigenvalue weighted by Crippen LogP contribution is 2.22. The van der Waals surface area contributed by atoms with E-state index in [2.05, 4.69) is 27.8 Å². The first-order chi connectivity index (χ1) is 11.5. The number of aryl methyl sites for hydroxylation is 3. The Morgan fingerprint density at radius 1 is 1.08 bits per heavy atom. The van der Waals surface area contributed by atoms with Crippen LogP contribution in [0.25, 0.3) is 0 Å². The number of nitrogens with one attached hydrogen (secondary N) is 1. The summed E-state index contributed by atoms with van der Waals surface area (Å²) in [4.78, 5) is 12.4. The van der Waals surface area contributed by atoms with Gasteiger partial charge in [-0.25, -0.2) is 4.68 Å². The molecule has 0 aliphatic carbocycles. The molecule has 0 saturated carbocycles. The Kier molecular flexibility index (Phi) is 4.42. The maximum atomic E-state index is 12.4. The molecule has 122 valence electrons. The molecule has 1 aromatic heterocycles. The molecule has 0 bridgehead atoms. The Labute approximate surface area is 141 Å². The third kappa shape index (κ3) is 3.51. The number of hydrogen-bond donors (Lipinski definition) is 1. The Hall–Kier alpha value is -2.95. The van der Waals surface area contributed by atoms with Gasteiger partial charge in [-0.2, -0.15) is 0 Å². The van der Waals surface area contributed by atoms with Crippen molar-refractivity contribution in [2.45, 2.75) is 27.3 Å². The van der Waals surface area contributed by atoms with E-state index in [1.54, 1.807) is 10.9 Å². The predicted octanol–water partition coefficient (Wildman–Crippen LogP) is 3.50. The fourth-order valence-electron chi connectivity index (χ4n) is 2.80. The number of nitrogens with zero attached hydrogens (tertiary/aromatic N) is 3. The van der Waals surface area contributed by atoms with E-state index >= 15 is 0 Å². The Morgan fingerprint density at radius 3 is 2.42 bits per heavy atom. The molecule has 24 heavy (non-hydrogen) atoms. The van der Waals surface area contributed by atoms with Crippen molar-refractivity contribution in [2.24, 2.45) is 0 Å². The molecule has 0 radical (unpaired) electrons. The summed E-state index contributed by atoms with van der Waals surface area (Å²) < 4.78 is 1.67. The van der Waals surface area contributed by atoms with E-state index in [0.717, 1.165) is 22.4 Å². The molecule has 5 nitrogen and oxygen atoms in total. The average Bonchev–Trinajstić information content (AvgIpc) is 3.00. The molecule has 0 unspecified atom stereocenters. The molecule has 0 aliphatic rings. The summed E-state index contributed by atoms with van der Waals surface area (Å²) in [7, 11) is 0. The Balaban J connectivity index is 1.75. The summed E-state index contributed by atoms with van der Waals surface area (Å²) in [5, 5.41) is 11.0. The number of rotatable bonds is 4. The van der Waals surface area contributed by atoms with Crippen molar-refractivity contribution in [3.63, 3.8) is 0 Å². The lowest BCUT2D eigenvalue weighted by atomic mass is 10.1. The Morgan fingerprint density at radius 2 is 1.75 bits per heavy atom. The minimum absolute atomic E-state index is 0.246. The molecule has 1 heterocycles. The first kappa shape index (κ1) is 15.9. The van der Waals surface area contributed by atoms with Crippen LogP contribution in [-0.4, -0.2) is 20.9 Å². The van der Waals surface area contributed by atoms with Crippen molar-refractivity contribution < 1.29 is 4.79 Å². The molecule has 0 spiro atoms. The summed E-state index contributed by atoms with van der Waals surface area (Å²) in [6.07, 6.45) is 1.67. The van der Waals surface area contributed by atoms with Crippen LogP contribution in [0, 0.1) is 20.8 Å². The number of hydrogen-bond acceptors (Lipinski definition) is 3. The molecule has 5 heteroatoms. The van der Waals surface area contributed by atoms with Crippen LogP contribution < -0.4 is 5.32 Å². The van der Waals surface area contributed by atoms with Gasteiger partial charge in [0.05, 0.1) is 12.7 Å². The highest BCUT2D eigenvalue weighted by Gasteiger charge is 2.14. The first-order valence-corrected chi connectivity index (χ1v) is 7.86. The van der Waals surface area contributed by atoms with Crippen LogP contribution in [0.15, 0.2) is 48.7 Å². The number of carbonyl (C=O) groups is 1. The van der Waals surface area contributed by atoms with Crippen LogP contribution in [0.1, 0.15) is 32.7 Å². The Bertz CT molecular complexity index is 845. The number of amides is 1. The fourth-order valence-corrected chi connectivity index (χ4v) is 2.80. The topological polar surface area (TPSA) is 59.8 Å². The van der Waals surface area contributed by atoms with Gasteiger partial charge in [0.25, 0.3) is 5.91 Å². The minimum Gasteiger partial charge on any atom is -0.320 e. The van der Waals surface area contributed by atoms with E-state index in [0.29, 0.717) is 12.2 Å². The van der Waals surface area contributed by atoms with E-state index in [1.165, 1.54) is 5.56 Å². The van der Waals surface area contributed by atoms with Crippen LogP contribution in [0.5, 0.6) is 0 Å². The third-order valence-corrected chi connectivity index (χ3v) is 3.87. The minimum atomic E-state index is -0.246. The fraction of sp³-hybridized carbons (Fsp3) is 0.211. The number of aromatic nitrogens is 3. The molecule has 0 saturated heterocycles. The van der Waals surface area contributed by atoms with Crippen LogP contribution in [0.3, 0.4) is 0 Å². The van der Waals surface area contributed by atoms with Crippen molar-refractivity contribution >= 4 is 11.6 Å². The van der Waals surface area contributed by atoms with Crippen molar-refractivity contribution in [1.82, 2.24) is 15.0 Å². The number of anilines is 1. The molecule has 1 N–H and O–H groups in total. The molecule has 1 amide bonds. The lowest BCUT2D eigenvalue weighted by Gasteiger charge is -2.11. The summed E-state index contributed by atoms with van der Waals surface area (Å²) in [5.74, 6) is -0.246. The molecule has 0 aliphatic heterocycles. The number of carbonyl (C=O) groups excluding carboxylic acids is 1. The van der Waals surface area contributed by atoms with Gasteiger partial charge in [-0.3, -0.25) is 4.79 Å². The quantitative estimate of drug-likeness (QED) is 0.800. The van der Waals surface area contributed by atoms with E-state index < -0.39 is 0 Å². The lowest BCUT2D eigenvalue weighted by molar-refractivity contribution is 0.102. The summed E-state index contributed by atoms with van der Waals surface area (Å²) >= 11 is 0. The maximum absolute atomic E-state index is 12.4. The molecule has 2 aromatic carbocycles. The second kappa shape index (κ2) is 6.66. The van der Waals surface area contributed by atoms with E-state index in [4.69, 9.17) is 0 Å². The van der Waals surface area contributed by atoms with Gasteiger partial charge in [-0.05, 0) is 37.5 Å². The van der Waals surface area contributed by atoms with E-state index in [1.807, 2.05) is 51.1 Å². The van der Waals surface area contributed by atoms with Crippen LogP contribution >= 0.6 is 0 Å². The SMILES string of the molecule is Cc1cc(C)c(NC(=O)c2cn(Cc3ccccc3)nn2)c(C)c1. The summed E-state index contributed by atoms with van der Waals surface area (Å²) in [6.45, 7) is 6.61. The van der Waals surface area contributed by atoms with Crippen molar-refractivity contribution in [3.8, 4) is 0 Å². The van der Waals surface area contributed by atoms with Gasteiger partial charge in [-0.1, -0.05) is 53.2 Å². The van der Waals surface area contributed by atoms with Crippen LogP contribution in [0.4, 0.5) is 5.69 Å². The second-order valence-corrected chi connectivity index (χ2v) is 6.01. The van der Waals surface area contributed by atoms with E-state index in [-0.39, 0.29) is 5.91 Å². The first-order valence-electron chi connectivity index (χ1n) is 7.86. The van der Waals surface area contributed by atoms with Gasteiger partial charge in [-0.15, -0.1) is 5.10 Å². The second-order valence-electron chi connectivity index (χ2n) is 6.01. The summed E-state index contributed by atoms with van der Waals surface area (Å²) in [5.41, 5.74) is 5.51.